The fraction of sp³-hybridized carbons (Fsp3) is 0.667. The van der Waals surface area contributed by atoms with Crippen molar-refractivity contribution >= 4 is 0 Å². The SMILES string of the molecule is CC1CCC(C(O)c2ccc(C(F)(F)F)cn2)CC1C. The molecule has 4 atom stereocenters. The Labute approximate surface area is 117 Å². The number of alkyl halides is 3. The lowest BCUT2D eigenvalue weighted by Crippen LogP contribution is -2.25. The van der Waals surface area contributed by atoms with Gasteiger partial charge < -0.3 is 5.11 Å². The third kappa shape index (κ3) is 3.32. The zero-order valence-electron chi connectivity index (χ0n) is 11.7. The highest BCUT2D eigenvalue weighted by Gasteiger charge is 2.33. The van der Waals surface area contributed by atoms with E-state index >= 15 is 0 Å². The topological polar surface area (TPSA) is 33.1 Å². The second-order valence-corrected chi connectivity index (χ2v) is 5.94. The maximum atomic E-state index is 12.5. The van der Waals surface area contributed by atoms with Crippen LogP contribution in [0.2, 0.25) is 0 Å². The van der Waals surface area contributed by atoms with Gasteiger partial charge in [0.25, 0.3) is 0 Å². The van der Waals surface area contributed by atoms with Gasteiger partial charge in [-0.1, -0.05) is 20.3 Å². The molecule has 0 saturated heterocycles. The molecule has 1 saturated carbocycles. The molecule has 1 N–H and O–H groups in total. The van der Waals surface area contributed by atoms with Crippen molar-refractivity contribution in [3.05, 3.63) is 29.6 Å². The zero-order chi connectivity index (χ0) is 14.9. The maximum Gasteiger partial charge on any atom is 0.417 e. The number of halogens is 3. The Morgan fingerprint density at radius 1 is 1.20 bits per heavy atom. The van der Waals surface area contributed by atoms with Crippen LogP contribution in [0.4, 0.5) is 13.2 Å². The molecule has 1 heterocycles. The highest BCUT2D eigenvalue weighted by molar-refractivity contribution is 5.18. The van der Waals surface area contributed by atoms with Crippen LogP contribution < -0.4 is 0 Å². The summed E-state index contributed by atoms with van der Waals surface area (Å²) in [6.45, 7) is 4.35. The van der Waals surface area contributed by atoms with E-state index in [1.807, 2.05) is 0 Å². The summed E-state index contributed by atoms with van der Waals surface area (Å²) in [5.41, 5.74) is -0.441. The van der Waals surface area contributed by atoms with E-state index < -0.39 is 17.8 Å². The third-order valence-electron chi connectivity index (χ3n) is 4.50. The fourth-order valence-electron chi connectivity index (χ4n) is 2.87. The molecule has 0 bridgehead atoms. The van der Waals surface area contributed by atoms with Crippen molar-refractivity contribution in [1.29, 1.82) is 0 Å². The number of hydrogen-bond donors (Lipinski definition) is 1. The molecule has 20 heavy (non-hydrogen) atoms. The Morgan fingerprint density at radius 2 is 1.90 bits per heavy atom. The van der Waals surface area contributed by atoms with Gasteiger partial charge in [0.15, 0.2) is 0 Å². The van der Waals surface area contributed by atoms with Gasteiger partial charge in [-0.15, -0.1) is 0 Å². The van der Waals surface area contributed by atoms with E-state index in [2.05, 4.69) is 18.8 Å². The Morgan fingerprint density at radius 3 is 2.40 bits per heavy atom. The second kappa shape index (κ2) is 5.72. The molecule has 4 unspecified atom stereocenters. The molecule has 1 fully saturated rings. The Kier molecular flexibility index (Phi) is 4.37. The number of nitrogens with zero attached hydrogens (tertiary/aromatic N) is 1. The summed E-state index contributed by atoms with van der Waals surface area (Å²) in [7, 11) is 0. The number of aliphatic hydroxyl groups excluding tert-OH is 1. The van der Waals surface area contributed by atoms with Gasteiger partial charge in [-0.2, -0.15) is 13.2 Å². The summed E-state index contributed by atoms with van der Waals surface area (Å²) in [4.78, 5) is 3.79. The van der Waals surface area contributed by atoms with Gasteiger partial charge in [-0.05, 0) is 42.7 Å². The monoisotopic (exact) mass is 287 g/mol. The van der Waals surface area contributed by atoms with Gasteiger partial charge >= 0.3 is 6.18 Å². The molecular weight excluding hydrogens is 267 g/mol. The van der Waals surface area contributed by atoms with Crippen LogP contribution >= 0.6 is 0 Å². The van der Waals surface area contributed by atoms with Crippen LogP contribution in [0.15, 0.2) is 18.3 Å². The normalized spacial score (nSPS) is 29.2. The van der Waals surface area contributed by atoms with E-state index in [1.165, 1.54) is 6.07 Å². The molecular formula is C15H20F3NO. The first-order valence-corrected chi connectivity index (χ1v) is 7.00. The van der Waals surface area contributed by atoms with Crippen LogP contribution in [0, 0.1) is 17.8 Å². The number of hydrogen-bond acceptors (Lipinski definition) is 2. The van der Waals surface area contributed by atoms with Crippen LogP contribution in [-0.2, 0) is 6.18 Å². The molecule has 1 aliphatic rings. The van der Waals surface area contributed by atoms with Crippen LogP contribution in [-0.4, -0.2) is 10.1 Å². The summed E-state index contributed by atoms with van der Waals surface area (Å²) in [6.07, 6.45) is -1.52. The zero-order valence-corrected chi connectivity index (χ0v) is 11.7. The van der Waals surface area contributed by atoms with Crippen molar-refractivity contribution in [1.82, 2.24) is 4.98 Å². The lowest BCUT2D eigenvalue weighted by atomic mass is 9.73. The minimum absolute atomic E-state index is 0.0884. The van der Waals surface area contributed by atoms with Crippen molar-refractivity contribution in [2.45, 2.75) is 45.4 Å². The Balaban J connectivity index is 2.08. The molecule has 0 radical (unpaired) electrons. The van der Waals surface area contributed by atoms with Gasteiger partial charge in [-0.25, -0.2) is 0 Å². The third-order valence-corrected chi connectivity index (χ3v) is 4.50. The summed E-state index contributed by atoms with van der Waals surface area (Å²) < 4.78 is 37.4. The van der Waals surface area contributed by atoms with Gasteiger partial charge in [0, 0.05) is 6.20 Å². The predicted octanol–water partition coefficient (Wildman–Crippen LogP) is 4.21. The van der Waals surface area contributed by atoms with E-state index in [-0.39, 0.29) is 5.92 Å². The molecule has 0 amide bonds. The highest BCUT2D eigenvalue weighted by Crippen LogP contribution is 2.39. The average Bonchev–Trinajstić information content (AvgIpc) is 2.40. The average molecular weight is 287 g/mol. The van der Waals surface area contributed by atoms with Crippen LogP contribution in [0.5, 0.6) is 0 Å². The molecule has 0 spiro atoms. The molecule has 0 aromatic carbocycles. The van der Waals surface area contributed by atoms with Crippen molar-refractivity contribution < 1.29 is 18.3 Å². The van der Waals surface area contributed by atoms with Gasteiger partial charge in [-0.3, -0.25) is 4.98 Å². The smallest absolute Gasteiger partial charge is 0.387 e. The summed E-state index contributed by atoms with van der Waals surface area (Å²) in [5, 5.41) is 10.3. The number of pyridine rings is 1. The Hall–Kier alpha value is -1.10. The maximum absolute atomic E-state index is 12.5. The highest BCUT2D eigenvalue weighted by atomic mass is 19.4. The number of rotatable bonds is 2. The van der Waals surface area contributed by atoms with Crippen LogP contribution in [0.1, 0.15) is 50.5 Å². The summed E-state index contributed by atoms with van der Waals surface area (Å²) in [6, 6.07) is 2.27. The van der Waals surface area contributed by atoms with Gasteiger partial charge in [0.05, 0.1) is 17.4 Å². The van der Waals surface area contributed by atoms with Crippen LogP contribution in [0.25, 0.3) is 0 Å². The van der Waals surface area contributed by atoms with E-state index in [0.717, 1.165) is 31.5 Å². The largest absolute Gasteiger partial charge is 0.417 e. The van der Waals surface area contributed by atoms with Crippen LogP contribution in [0.3, 0.4) is 0 Å². The fourth-order valence-corrected chi connectivity index (χ4v) is 2.87. The van der Waals surface area contributed by atoms with Crippen molar-refractivity contribution in [3.8, 4) is 0 Å². The second-order valence-electron chi connectivity index (χ2n) is 5.94. The van der Waals surface area contributed by atoms with Crippen molar-refractivity contribution in [2.24, 2.45) is 17.8 Å². The summed E-state index contributed by atoms with van der Waals surface area (Å²) >= 11 is 0. The molecule has 1 aromatic rings. The first kappa shape index (κ1) is 15.3. The van der Waals surface area contributed by atoms with E-state index in [0.29, 0.717) is 17.5 Å². The van der Waals surface area contributed by atoms with Gasteiger partial charge in [0.1, 0.15) is 0 Å². The lowest BCUT2D eigenvalue weighted by molar-refractivity contribution is -0.137. The summed E-state index contributed by atoms with van der Waals surface area (Å²) in [5.74, 6) is 1.25. The van der Waals surface area contributed by atoms with E-state index in [1.54, 1.807) is 0 Å². The molecule has 5 heteroatoms. The molecule has 0 aliphatic heterocycles. The van der Waals surface area contributed by atoms with Crippen molar-refractivity contribution in [2.75, 3.05) is 0 Å². The van der Waals surface area contributed by atoms with E-state index in [9.17, 15) is 18.3 Å². The molecule has 1 aliphatic carbocycles. The minimum Gasteiger partial charge on any atom is -0.387 e. The number of aliphatic hydroxyl groups is 1. The molecule has 112 valence electrons. The molecule has 2 nitrogen and oxygen atoms in total. The minimum atomic E-state index is -4.38. The Bertz CT molecular complexity index is 443. The molecule has 2 rings (SSSR count). The lowest BCUT2D eigenvalue weighted by Gasteiger charge is -2.34. The van der Waals surface area contributed by atoms with Crippen molar-refractivity contribution in [3.63, 3.8) is 0 Å². The predicted molar refractivity (Wildman–Crippen MR) is 69.9 cm³/mol. The van der Waals surface area contributed by atoms with E-state index in [4.69, 9.17) is 0 Å². The number of aromatic nitrogens is 1. The quantitative estimate of drug-likeness (QED) is 0.884. The first-order chi connectivity index (χ1) is 9.29. The van der Waals surface area contributed by atoms with Gasteiger partial charge in [0.2, 0.25) is 0 Å². The standard InChI is InChI=1S/C15H20F3NO/c1-9-3-4-11(7-10(9)2)14(20)13-6-5-12(8-19-13)15(16,17)18/h5-6,8-11,14,20H,3-4,7H2,1-2H3. The first-order valence-electron chi connectivity index (χ1n) is 7.00. The molecule has 1 aromatic heterocycles.